The van der Waals surface area contributed by atoms with Crippen LogP contribution in [0.2, 0.25) is 10.0 Å². The van der Waals surface area contributed by atoms with E-state index < -0.39 is 5.41 Å². The van der Waals surface area contributed by atoms with Crippen LogP contribution in [0, 0.1) is 0 Å². The van der Waals surface area contributed by atoms with Crippen molar-refractivity contribution in [1.29, 1.82) is 0 Å². The molecule has 25 heavy (non-hydrogen) atoms. The Bertz CT molecular complexity index is 920. The van der Waals surface area contributed by atoms with E-state index in [0.29, 0.717) is 21.3 Å². The fourth-order valence-electron chi connectivity index (χ4n) is 4.14. The smallest absolute Gasteiger partial charge is 0.239 e. The van der Waals surface area contributed by atoms with Gasteiger partial charge < -0.3 is 5.32 Å². The molecule has 3 nitrogen and oxygen atoms in total. The van der Waals surface area contributed by atoms with Crippen LogP contribution in [0.4, 0.5) is 5.69 Å². The van der Waals surface area contributed by atoms with Gasteiger partial charge in [-0.15, -0.1) is 0 Å². The Labute approximate surface area is 155 Å². The molecule has 0 aromatic heterocycles. The van der Waals surface area contributed by atoms with Gasteiger partial charge in [-0.3, -0.25) is 9.59 Å². The van der Waals surface area contributed by atoms with Crippen molar-refractivity contribution in [3.63, 3.8) is 0 Å². The van der Waals surface area contributed by atoms with Crippen LogP contribution in [0.15, 0.2) is 54.6 Å². The zero-order chi connectivity index (χ0) is 17.8. The summed E-state index contributed by atoms with van der Waals surface area (Å²) in [7, 11) is 0. The van der Waals surface area contributed by atoms with E-state index in [2.05, 4.69) is 11.9 Å². The lowest BCUT2D eigenvalue weighted by atomic mass is 9.58. The van der Waals surface area contributed by atoms with Gasteiger partial charge in [0.2, 0.25) is 5.91 Å². The van der Waals surface area contributed by atoms with E-state index in [0.717, 1.165) is 11.1 Å². The molecule has 126 valence electrons. The monoisotopic (exact) mass is 371 g/mol. The largest absolute Gasteiger partial charge is 0.325 e. The van der Waals surface area contributed by atoms with E-state index >= 15 is 0 Å². The Morgan fingerprint density at radius 1 is 1.04 bits per heavy atom. The summed E-state index contributed by atoms with van der Waals surface area (Å²) >= 11 is 12.1. The molecule has 1 heterocycles. The standard InChI is InChI=1S/C20H15Cl2NO2/c1-11-8-15(24)10-17(12-2-4-13(21)5-3-12)20(11)16-7-6-14(22)9-18(16)23-19(20)25/h2-7,9,17H,1,8,10H2,(H,23,25)/t17-,20-/m0/s1. The summed E-state index contributed by atoms with van der Waals surface area (Å²) in [6.45, 7) is 4.12. The third-order valence-electron chi connectivity index (χ3n) is 5.21. The normalized spacial score (nSPS) is 25.2. The topological polar surface area (TPSA) is 46.2 Å². The van der Waals surface area contributed by atoms with Gasteiger partial charge in [0.05, 0.1) is 0 Å². The number of carbonyl (C=O) groups is 2. The summed E-state index contributed by atoms with van der Waals surface area (Å²) in [6.07, 6.45) is 0.496. The van der Waals surface area contributed by atoms with Crippen molar-refractivity contribution in [3.05, 3.63) is 75.8 Å². The number of amides is 1. The molecule has 1 aliphatic heterocycles. The molecule has 2 atom stereocenters. The minimum atomic E-state index is -0.957. The summed E-state index contributed by atoms with van der Waals surface area (Å²) in [5.74, 6) is -0.381. The zero-order valence-electron chi connectivity index (χ0n) is 13.3. The first-order valence-corrected chi connectivity index (χ1v) is 8.75. The molecule has 0 unspecified atom stereocenters. The Morgan fingerprint density at radius 2 is 1.72 bits per heavy atom. The van der Waals surface area contributed by atoms with Crippen LogP contribution in [-0.2, 0) is 15.0 Å². The molecule has 1 spiro atoms. The first-order chi connectivity index (χ1) is 11.9. The van der Waals surface area contributed by atoms with Crippen LogP contribution in [0.5, 0.6) is 0 Å². The van der Waals surface area contributed by atoms with Crippen LogP contribution < -0.4 is 5.32 Å². The molecular weight excluding hydrogens is 357 g/mol. The lowest BCUT2D eigenvalue weighted by Gasteiger charge is -2.41. The van der Waals surface area contributed by atoms with Crippen molar-refractivity contribution in [3.8, 4) is 0 Å². The Morgan fingerprint density at radius 3 is 2.44 bits per heavy atom. The number of nitrogens with one attached hydrogen (secondary N) is 1. The summed E-state index contributed by atoms with van der Waals surface area (Å²) in [6, 6.07) is 12.7. The second-order valence-electron chi connectivity index (χ2n) is 6.58. The highest BCUT2D eigenvalue weighted by molar-refractivity contribution is 6.31. The minimum Gasteiger partial charge on any atom is -0.325 e. The van der Waals surface area contributed by atoms with E-state index in [4.69, 9.17) is 23.2 Å². The highest BCUT2D eigenvalue weighted by Crippen LogP contribution is 2.56. The molecule has 2 aliphatic rings. The van der Waals surface area contributed by atoms with Crippen molar-refractivity contribution >= 4 is 40.6 Å². The highest BCUT2D eigenvalue weighted by atomic mass is 35.5. The Kier molecular flexibility index (Phi) is 3.75. The maximum Gasteiger partial charge on any atom is 0.239 e. The van der Waals surface area contributed by atoms with Crippen LogP contribution in [0.1, 0.15) is 29.9 Å². The predicted molar refractivity (Wildman–Crippen MR) is 99.3 cm³/mol. The SMILES string of the molecule is C=C1CC(=O)C[C@@H](c2ccc(Cl)cc2)[C@]12C(=O)Nc1cc(Cl)ccc12. The first-order valence-electron chi connectivity index (χ1n) is 8.00. The number of anilines is 1. The number of carbonyl (C=O) groups excluding carboxylic acids is 2. The van der Waals surface area contributed by atoms with E-state index in [1.54, 1.807) is 24.3 Å². The summed E-state index contributed by atoms with van der Waals surface area (Å²) in [5.41, 5.74) is 2.09. The number of benzene rings is 2. The number of hydrogen-bond acceptors (Lipinski definition) is 2. The van der Waals surface area contributed by atoms with Gasteiger partial charge in [0.15, 0.2) is 0 Å². The van der Waals surface area contributed by atoms with E-state index in [-0.39, 0.29) is 30.4 Å². The fourth-order valence-corrected chi connectivity index (χ4v) is 4.44. The average Bonchev–Trinajstić information content (AvgIpc) is 2.84. The van der Waals surface area contributed by atoms with Gasteiger partial charge in [-0.2, -0.15) is 0 Å². The molecule has 0 radical (unpaired) electrons. The molecule has 0 saturated heterocycles. The molecular formula is C20H15Cl2NO2. The van der Waals surface area contributed by atoms with Crippen LogP contribution in [-0.4, -0.2) is 11.7 Å². The van der Waals surface area contributed by atoms with Crippen molar-refractivity contribution in [2.24, 2.45) is 0 Å². The summed E-state index contributed by atoms with van der Waals surface area (Å²) in [4.78, 5) is 25.4. The third-order valence-corrected chi connectivity index (χ3v) is 5.69. The third kappa shape index (κ3) is 2.34. The number of Topliss-reactive ketones (excluding diaryl/α,β-unsaturated/α-hetero) is 1. The number of halogens is 2. The molecule has 2 aromatic rings. The van der Waals surface area contributed by atoms with E-state index in [1.807, 2.05) is 18.2 Å². The number of ketones is 1. The molecule has 2 aromatic carbocycles. The minimum absolute atomic E-state index is 0.0887. The van der Waals surface area contributed by atoms with Crippen molar-refractivity contribution < 1.29 is 9.59 Å². The van der Waals surface area contributed by atoms with Gasteiger partial charge in [0.1, 0.15) is 11.2 Å². The molecule has 1 aliphatic carbocycles. The number of rotatable bonds is 1. The molecule has 5 heteroatoms. The Hall–Kier alpha value is -2.10. The van der Waals surface area contributed by atoms with E-state index in [1.165, 1.54) is 0 Å². The Balaban J connectivity index is 1.96. The van der Waals surface area contributed by atoms with Gasteiger partial charge in [0.25, 0.3) is 0 Å². The zero-order valence-corrected chi connectivity index (χ0v) is 14.8. The van der Waals surface area contributed by atoms with Crippen molar-refractivity contribution in [1.82, 2.24) is 0 Å². The van der Waals surface area contributed by atoms with Gasteiger partial charge >= 0.3 is 0 Å². The van der Waals surface area contributed by atoms with Gasteiger partial charge in [-0.1, -0.05) is 48.0 Å². The van der Waals surface area contributed by atoms with Crippen LogP contribution in [0.3, 0.4) is 0 Å². The van der Waals surface area contributed by atoms with Crippen molar-refractivity contribution in [2.75, 3.05) is 5.32 Å². The lowest BCUT2D eigenvalue weighted by molar-refractivity contribution is -0.124. The lowest BCUT2D eigenvalue weighted by Crippen LogP contribution is -2.46. The van der Waals surface area contributed by atoms with Gasteiger partial charge in [0, 0.05) is 34.5 Å². The molecule has 1 N–H and O–H groups in total. The summed E-state index contributed by atoms with van der Waals surface area (Å²) in [5, 5.41) is 4.10. The molecule has 4 rings (SSSR count). The number of fused-ring (bicyclic) bond motifs is 2. The first kappa shape index (κ1) is 16.4. The fraction of sp³-hybridized carbons (Fsp3) is 0.200. The highest BCUT2D eigenvalue weighted by Gasteiger charge is 2.57. The molecule has 1 saturated carbocycles. The van der Waals surface area contributed by atoms with Crippen LogP contribution >= 0.6 is 23.2 Å². The molecule has 0 bridgehead atoms. The maximum absolute atomic E-state index is 13.1. The van der Waals surface area contributed by atoms with Gasteiger partial charge in [-0.25, -0.2) is 0 Å². The number of hydrogen-bond donors (Lipinski definition) is 1. The van der Waals surface area contributed by atoms with E-state index in [9.17, 15) is 9.59 Å². The van der Waals surface area contributed by atoms with Crippen LogP contribution in [0.25, 0.3) is 0 Å². The van der Waals surface area contributed by atoms with Crippen molar-refractivity contribution in [2.45, 2.75) is 24.2 Å². The molecule has 1 amide bonds. The predicted octanol–water partition coefficient (Wildman–Crippen LogP) is 4.89. The molecule has 1 fully saturated rings. The quantitative estimate of drug-likeness (QED) is 0.725. The second-order valence-corrected chi connectivity index (χ2v) is 7.45. The second kappa shape index (κ2) is 5.72. The summed E-state index contributed by atoms with van der Waals surface area (Å²) < 4.78 is 0. The maximum atomic E-state index is 13.1. The van der Waals surface area contributed by atoms with Gasteiger partial charge in [-0.05, 0) is 41.0 Å². The average molecular weight is 372 g/mol.